The van der Waals surface area contributed by atoms with Crippen LogP contribution in [0.2, 0.25) is 5.15 Å². The quantitative estimate of drug-likeness (QED) is 0.671. The summed E-state index contributed by atoms with van der Waals surface area (Å²) in [4.78, 5) is 4.63. The van der Waals surface area contributed by atoms with Gasteiger partial charge in [-0.3, -0.25) is 4.40 Å². The van der Waals surface area contributed by atoms with Gasteiger partial charge in [-0.25, -0.2) is 4.98 Å². The third-order valence-corrected chi connectivity index (χ3v) is 3.54. The van der Waals surface area contributed by atoms with Gasteiger partial charge in [0, 0.05) is 12.1 Å². The molecule has 1 aliphatic rings. The molecule has 0 saturated heterocycles. The summed E-state index contributed by atoms with van der Waals surface area (Å²) in [6.07, 6.45) is 7.33. The zero-order chi connectivity index (χ0) is 10.3. The lowest BCUT2D eigenvalue weighted by molar-refractivity contribution is 0.703. The monoisotopic (exact) mass is 220 g/mol. The molecule has 15 heavy (non-hydrogen) atoms. The van der Waals surface area contributed by atoms with Crippen molar-refractivity contribution in [2.24, 2.45) is 0 Å². The molecule has 0 atom stereocenters. The maximum absolute atomic E-state index is 6.10. The summed E-state index contributed by atoms with van der Waals surface area (Å²) < 4.78 is 1.97. The van der Waals surface area contributed by atoms with Crippen molar-refractivity contribution < 1.29 is 0 Å². The number of fused-ring (bicyclic) bond motifs is 1. The van der Waals surface area contributed by atoms with Crippen LogP contribution in [0.15, 0.2) is 24.4 Å². The van der Waals surface area contributed by atoms with Gasteiger partial charge in [0.15, 0.2) is 0 Å². The van der Waals surface area contributed by atoms with E-state index >= 15 is 0 Å². The van der Waals surface area contributed by atoms with Crippen molar-refractivity contribution in [2.45, 2.75) is 31.6 Å². The van der Waals surface area contributed by atoms with Crippen LogP contribution >= 0.6 is 11.6 Å². The average molecular weight is 221 g/mol. The van der Waals surface area contributed by atoms with E-state index in [1.54, 1.807) is 0 Å². The Labute approximate surface area is 93.9 Å². The predicted octanol–water partition coefficient (Wildman–Crippen LogP) is 3.65. The average Bonchev–Trinajstić information content (AvgIpc) is 2.86. The summed E-state index contributed by atoms with van der Waals surface area (Å²) in [5.74, 6) is 0.654. The van der Waals surface area contributed by atoms with Crippen molar-refractivity contribution in [1.29, 1.82) is 0 Å². The van der Waals surface area contributed by atoms with Crippen molar-refractivity contribution in [3.63, 3.8) is 0 Å². The van der Waals surface area contributed by atoms with E-state index in [1.807, 2.05) is 22.6 Å². The largest absolute Gasteiger partial charge is 0.290 e. The highest BCUT2D eigenvalue weighted by Gasteiger charge is 2.19. The summed E-state index contributed by atoms with van der Waals surface area (Å²) in [6.45, 7) is 0. The molecule has 1 saturated carbocycles. The third-order valence-electron chi connectivity index (χ3n) is 3.23. The van der Waals surface area contributed by atoms with Gasteiger partial charge in [0.05, 0.1) is 5.69 Å². The summed E-state index contributed by atoms with van der Waals surface area (Å²) in [7, 11) is 0. The first-order valence-corrected chi connectivity index (χ1v) is 5.86. The van der Waals surface area contributed by atoms with Gasteiger partial charge >= 0.3 is 0 Å². The van der Waals surface area contributed by atoms with Gasteiger partial charge in [-0.05, 0) is 25.0 Å². The second-order valence-electron chi connectivity index (χ2n) is 4.22. The molecule has 0 N–H and O–H groups in total. The fourth-order valence-electron chi connectivity index (χ4n) is 2.41. The van der Waals surface area contributed by atoms with Gasteiger partial charge in [-0.1, -0.05) is 30.5 Å². The van der Waals surface area contributed by atoms with Gasteiger partial charge in [-0.2, -0.15) is 0 Å². The normalized spacial score (nSPS) is 17.7. The summed E-state index contributed by atoms with van der Waals surface area (Å²) in [5, 5.41) is 0.740. The highest BCUT2D eigenvalue weighted by atomic mass is 35.5. The van der Waals surface area contributed by atoms with E-state index in [2.05, 4.69) is 11.2 Å². The van der Waals surface area contributed by atoms with Crippen LogP contribution in [0.4, 0.5) is 0 Å². The fourth-order valence-corrected chi connectivity index (χ4v) is 2.62. The number of pyridine rings is 1. The second kappa shape index (κ2) is 3.53. The summed E-state index contributed by atoms with van der Waals surface area (Å²) >= 11 is 6.10. The summed E-state index contributed by atoms with van der Waals surface area (Å²) in [5.41, 5.74) is 2.17. The maximum atomic E-state index is 6.10. The van der Waals surface area contributed by atoms with E-state index in [0.29, 0.717) is 5.92 Å². The molecule has 2 nitrogen and oxygen atoms in total. The molecule has 0 aromatic carbocycles. The molecule has 78 valence electrons. The van der Waals surface area contributed by atoms with Crippen LogP contribution in [0.3, 0.4) is 0 Å². The molecule has 2 heterocycles. The van der Waals surface area contributed by atoms with E-state index in [-0.39, 0.29) is 0 Å². The van der Waals surface area contributed by atoms with E-state index in [1.165, 1.54) is 31.4 Å². The molecule has 2 aromatic heterocycles. The standard InChI is InChI=1S/C12H13ClN2/c13-11-6-3-7-12-14-10(8-15(11)12)9-4-1-2-5-9/h3,6-9H,1-2,4-5H2. The molecular weight excluding hydrogens is 208 g/mol. The maximum Gasteiger partial charge on any atom is 0.138 e. The van der Waals surface area contributed by atoms with Crippen molar-refractivity contribution >= 4 is 17.2 Å². The topological polar surface area (TPSA) is 17.3 Å². The fraction of sp³-hybridized carbons (Fsp3) is 0.417. The molecule has 3 heteroatoms. The van der Waals surface area contributed by atoms with Gasteiger partial charge < -0.3 is 0 Å². The van der Waals surface area contributed by atoms with Crippen LogP contribution in [-0.2, 0) is 0 Å². The van der Waals surface area contributed by atoms with Crippen LogP contribution in [0, 0.1) is 0 Å². The molecule has 0 bridgehead atoms. The minimum Gasteiger partial charge on any atom is -0.290 e. The number of aromatic nitrogens is 2. The number of halogens is 1. The van der Waals surface area contributed by atoms with Crippen molar-refractivity contribution in [1.82, 2.24) is 9.38 Å². The molecule has 1 fully saturated rings. The number of hydrogen-bond acceptors (Lipinski definition) is 1. The Hall–Kier alpha value is -1.02. The molecular formula is C12H13ClN2. The number of hydrogen-bond donors (Lipinski definition) is 0. The number of nitrogens with zero attached hydrogens (tertiary/aromatic N) is 2. The van der Waals surface area contributed by atoms with Crippen molar-refractivity contribution in [3.05, 3.63) is 35.2 Å². The Kier molecular flexibility index (Phi) is 2.17. The molecule has 1 aliphatic carbocycles. The molecule has 0 unspecified atom stereocenters. The first-order chi connectivity index (χ1) is 7.34. The van der Waals surface area contributed by atoms with E-state index < -0.39 is 0 Å². The van der Waals surface area contributed by atoms with E-state index in [4.69, 9.17) is 11.6 Å². The van der Waals surface area contributed by atoms with E-state index in [9.17, 15) is 0 Å². The molecule has 3 rings (SSSR count). The Balaban J connectivity index is 2.09. The molecule has 0 radical (unpaired) electrons. The highest BCUT2D eigenvalue weighted by molar-refractivity contribution is 6.29. The van der Waals surface area contributed by atoms with Gasteiger partial charge in [0.1, 0.15) is 10.8 Å². The molecule has 0 spiro atoms. The van der Waals surface area contributed by atoms with Gasteiger partial charge in [-0.15, -0.1) is 0 Å². The van der Waals surface area contributed by atoms with Crippen LogP contribution in [0.5, 0.6) is 0 Å². The number of rotatable bonds is 1. The minimum absolute atomic E-state index is 0.654. The first kappa shape index (κ1) is 9.22. The lowest BCUT2D eigenvalue weighted by Gasteiger charge is -2.02. The Morgan fingerprint density at radius 1 is 1.27 bits per heavy atom. The van der Waals surface area contributed by atoms with Crippen LogP contribution in [0.25, 0.3) is 5.65 Å². The zero-order valence-corrected chi connectivity index (χ0v) is 9.24. The number of imidazole rings is 1. The van der Waals surface area contributed by atoms with Crippen LogP contribution in [0.1, 0.15) is 37.3 Å². The van der Waals surface area contributed by atoms with E-state index in [0.717, 1.165) is 10.8 Å². The third kappa shape index (κ3) is 1.53. The Morgan fingerprint density at radius 2 is 2.07 bits per heavy atom. The summed E-state index contributed by atoms with van der Waals surface area (Å²) in [6, 6.07) is 5.85. The van der Waals surface area contributed by atoms with Crippen LogP contribution < -0.4 is 0 Å². The second-order valence-corrected chi connectivity index (χ2v) is 4.61. The highest BCUT2D eigenvalue weighted by Crippen LogP contribution is 2.33. The molecule has 2 aromatic rings. The molecule has 0 amide bonds. The predicted molar refractivity (Wildman–Crippen MR) is 61.4 cm³/mol. The van der Waals surface area contributed by atoms with Crippen LogP contribution in [-0.4, -0.2) is 9.38 Å². The van der Waals surface area contributed by atoms with Gasteiger partial charge in [0.25, 0.3) is 0 Å². The van der Waals surface area contributed by atoms with Crippen molar-refractivity contribution in [2.75, 3.05) is 0 Å². The lowest BCUT2D eigenvalue weighted by atomic mass is 10.1. The minimum atomic E-state index is 0.654. The Bertz CT molecular complexity index is 483. The zero-order valence-electron chi connectivity index (χ0n) is 8.49. The van der Waals surface area contributed by atoms with Gasteiger partial charge in [0.2, 0.25) is 0 Å². The smallest absolute Gasteiger partial charge is 0.138 e. The lowest BCUT2D eigenvalue weighted by Crippen LogP contribution is -1.91. The Morgan fingerprint density at radius 3 is 2.80 bits per heavy atom. The molecule has 0 aliphatic heterocycles. The first-order valence-electron chi connectivity index (χ1n) is 5.48. The SMILES string of the molecule is Clc1cccc2nc(C3CCCC3)cn12. The van der Waals surface area contributed by atoms with Crippen molar-refractivity contribution in [3.8, 4) is 0 Å².